The van der Waals surface area contributed by atoms with Gasteiger partial charge in [0, 0.05) is 12.5 Å². The lowest BCUT2D eigenvalue weighted by molar-refractivity contribution is -0.154. The molecule has 1 aliphatic heterocycles. The lowest BCUT2D eigenvalue weighted by atomic mass is 9.83. The van der Waals surface area contributed by atoms with E-state index in [-0.39, 0.29) is 41.5 Å². The minimum Gasteiger partial charge on any atom is -0.481 e. The SMILES string of the molecule is CC(CC(C(=O)O)C(C)C(=O)NCCCN(C)C)c1ccccc1.CC(CC1C(=O)OC(=O)C1C)c1ccccc1.CN(C)CCCN. The third-order valence-corrected chi connectivity index (χ3v) is 8.66. The summed E-state index contributed by atoms with van der Waals surface area (Å²) in [5.74, 6) is -3.34. The summed E-state index contributed by atoms with van der Waals surface area (Å²) < 4.78 is 4.64. The minimum atomic E-state index is -0.909. The van der Waals surface area contributed by atoms with Crippen LogP contribution in [0.1, 0.15) is 76.3 Å². The lowest BCUT2D eigenvalue weighted by Crippen LogP contribution is -2.38. The van der Waals surface area contributed by atoms with Crippen molar-refractivity contribution in [3.05, 3.63) is 71.8 Å². The number of hydrogen-bond acceptors (Lipinski definition) is 8. The van der Waals surface area contributed by atoms with E-state index in [0.29, 0.717) is 19.4 Å². The summed E-state index contributed by atoms with van der Waals surface area (Å²) in [6.45, 7) is 10.9. The first kappa shape index (κ1) is 42.4. The zero-order valence-corrected chi connectivity index (χ0v) is 30.4. The van der Waals surface area contributed by atoms with Gasteiger partial charge in [0.15, 0.2) is 0 Å². The van der Waals surface area contributed by atoms with Crippen molar-refractivity contribution in [1.82, 2.24) is 15.1 Å². The van der Waals surface area contributed by atoms with E-state index < -0.39 is 17.8 Å². The number of amides is 1. The molecule has 2 aromatic rings. The van der Waals surface area contributed by atoms with Crippen LogP contribution in [0.4, 0.5) is 0 Å². The van der Waals surface area contributed by atoms with Gasteiger partial charge in [-0.1, -0.05) is 88.4 Å². The standard InChI is InChI=1S/C19H30N2O3.C14H16O3.C5H14N2/c1-14(16-9-6-5-7-10-16)13-17(19(23)24)15(2)18(22)20-11-8-12-21(3)4;1-9(11-6-4-3-5-7-11)8-12-10(2)13(15)17-14(12)16;1-7(2)5-3-4-6/h5-7,9-10,14-15,17H,8,11-13H2,1-4H3,(H,20,22)(H,23,24);3-7,9-10,12H,8H2,1-2H3;3-6H2,1-2H3. The van der Waals surface area contributed by atoms with Crippen LogP contribution in [-0.2, 0) is 23.9 Å². The van der Waals surface area contributed by atoms with Crippen molar-refractivity contribution in [2.45, 2.75) is 65.2 Å². The van der Waals surface area contributed by atoms with Crippen LogP contribution in [0, 0.1) is 23.7 Å². The minimum absolute atomic E-state index is 0.0938. The Hall–Kier alpha value is -3.60. The van der Waals surface area contributed by atoms with Crippen LogP contribution in [0.5, 0.6) is 0 Å². The van der Waals surface area contributed by atoms with Crippen molar-refractivity contribution in [2.24, 2.45) is 29.4 Å². The van der Waals surface area contributed by atoms with E-state index >= 15 is 0 Å². The fraction of sp³-hybridized carbons (Fsp3) is 0.579. The number of carboxylic acid groups (broad SMARTS) is 1. The maximum atomic E-state index is 12.3. The fourth-order valence-corrected chi connectivity index (χ4v) is 5.41. The second-order valence-corrected chi connectivity index (χ2v) is 13.4. The summed E-state index contributed by atoms with van der Waals surface area (Å²) in [5, 5.41) is 12.4. The van der Waals surface area contributed by atoms with E-state index in [1.165, 1.54) is 5.56 Å². The predicted molar refractivity (Wildman–Crippen MR) is 191 cm³/mol. The van der Waals surface area contributed by atoms with Gasteiger partial charge in [-0.05, 0) is 96.5 Å². The second-order valence-electron chi connectivity index (χ2n) is 13.4. The molecule has 0 spiro atoms. The van der Waals surface area contributed by atoms with Crippen molar-refractivity contribution >= 4 is 23.8 Å². The van der Waals surface area contributed by atoms with Crippen molar-refractivity contribution < 1.29 is 29.0 Å². The molecule has 0 saturated carbocycles. The number of nitrogens with zero attached hydrogens (tertiary/aromatic N) is 2. The monoisotopic (exact) mass is 668 g/mol. The summed E-state index contributed by atoms with van der Waals surface area (Å²) >= 11 is 0. The molecule has 1 aliphatic rings. The Morgan fingerprint density at radius 3 is 1.75 bits per heavy atom. The highest BCUT2D eigenvalue weighted by molar-refractivity contribution is 5.96. The van der Waals surface area contributed by atoms with E-state index in [0.717, 1.165) is 38.0 Å². The second kappa shape index (κ2) is 22.9. The van der Waals surface area contributed by atoms with Crippen LogP contribution in [-0.4, -0.2) is 93.1 Å². The molecule has 1 fully saturated rings. The normalized spacial score (nSPS) is 18.1. The van der Waals surface area contributed by atoms with Crippen LogP contribution in [0.2, 0.25) is 0 Å². The molecule has 0 bridgehead atoms. The van der Waals surface area contributed by atoms with Crippen LogP contribution in [0.15, 0.2) is 60.7 Å². The Labute approximate surface area is 288 Å². The number of rotatable bonds is 16. The Morgan fingerprint density at radius 2 is 1.33 bits per heavy atom. The first-order valence-corrected chi connectivity index (χ1v) is 17.0. The highest BCUT2D eigenvalue weighted by atomic mass is 16.6. The molecule has 3 rings (SSSR count). The van der Waals surface area contributed by atoms with Crippen LogP contribution in [0.3, 0.4) is 0 Å². The molecule has 0 radical (unpaired) electrons. The average molecular weight is 669 g/mol. The van der Waals surface area contributed by atoms with Crippen LogP contribution >= 0.6 is 0 Å². The van der Waals surface area contributed by atoms with Gasteiger partial charge >= 0.3 is 17.9 Å². The van der Waals surface area contributed by atoms with E-state index in [1.54, 1.807) is 13.8 Å². The molecule has 6 unspecified atom stereocenters. The average Bonchev–Trinajstić information content (AvgIpc) is 3.30. The van der Waals surface area contributed by atoms with Gasteiger partial charge in [-0.25, -0.2) is 0 Å². The molecule has 0 aliphatic carbocycles. The van der Waals surface area contributed by atoms with Crippen LogP contribution in [0.25, 0.3) is 0 Å². The number of nitrogens with two attached hydrogens (primary N) is 1. The number of aliphatic carboxylic acids is 1. The molecular weight excluding hydrogens is 608 g/mol. The van der Waals surface area contributed by atoms with Crippen molar-refractivity contribution in [2.75, 3.05) is 54.4 Å². The third-order valence-electron chi connectivity index (χ3n) is 8.66. The molecular formula is C38H60N4O6. The summed E-state index contributed by atoms with van der Waals surface area (Å²) in [5.41, 5.74) is 7.54. The van der Waals surface area contributed by atoms with E-state index in [9.17, 15) is 24.3 Å². The predicted octanol–water partition coefficient (Wildman–Crippen LogP) is 5.00. The molecule has 10 heteroatoms. The number of hydrogen-bond donors (Lipinski definition) is 3. The van der Waals surface area contributed by atoms with Gasteiger partial charge in [0.05, 0.1) is 17.8 Å². The largest absolute Gasteiger partial charge is 0.481 e. The Morgan fingerprint density at radius 1 is 0.833 bits per heavy atom. The van der Waals surface area contributed by atoms with Crippen LogP contribution < -0.4 is 11.1 Å². The summed E-state index contributed by atoms with van der Waals surface area (Å²) in [6, 6.07) is 19.8. The molecule has 2 aromatic carbocycles. The van der Waals surface area contributed by atoms with Gasteiger partial charge in [-0.2, -0.15) is 0 Å². The molecule has 4 N–H and O–H groups in total. The van der Waals surface area contributed by atoms with Crippen molar-refractivity contribution in [3.8, 4) is 0 Å². The number of carboxylic acids is 1. The number of carbonyl (C=O) groups excluding carboxylic acids is 3. The molecule has 6 atom stereocenters. The highest BCUT2D eigenvalue weighted by Crippen LogP contribution is 2.33. The van der Waals surface area contributed by atoms with E-state index in [1.807, 2.05) is 81.7 Å². The first-order valence-electron chi connectivity index (χ1n) is 17.0. The molecule has 10 nitrogen and oxygen atoms in total. The zero-order valence-electron chi connectivity index (χ0n) is 30.4. The molecule has 268 valence electrons. The quantitative estimate of drug-likeness (QED) is 0.128. The molecule has 48 heavy (non-hydrogen) atoms. The Balaban J connectivity index is 0.000000414. The van der Waals surface area contributed by atoms with Gasteiger partial charge in [0.25, 0.3) is 0 Å². The van der Waals surface area contributed by atoms with E-state index in [2.05, 4.69) is 40.9 Å². The molecule has 0 aromatic heterocycles. The topological polar surface area (TPSA) is 142 Å². The maximum absolute atomic E-state index is 12.3. The third kappa shape index (κ3) is 16.0. The number of carbonyl (C=O) groups is 4. The first-order chi connectivity index (χ1) is 22.7. The number of esters is 2. The summed E-state index contributed by atoms with van der Waals surface area (Å²) in [4.78, 5) is 50.9. The van der Waals surface area contributed by atoms with Crippen molar-refractivity contribution in [1.29, 1.82) is 0 Å². The lowest BCUT2D eigenvalue weighted by Gasteiger charge is -2.23. The van der Waals surface area contributed by atoms with Gasteiger partial charge in [-0.3, -0.25) is 19.2 Å². The fourth-order valence-electron chi connectivity index (χ4n) is 5.41. The Bertz CT molecular complexity index is 1220. The number of ether oxygens (including phenoxy) is 1. The van der Waals surface area contributed by atoms with Gasteiger partial charge in [0.2, 0.25) is 5.91 Å². The van der Waals surface area contributed by atoms with Gasteiger partial charge in [-0.15, -0.1) is 0 Å². The Kier molecular flexibility index (Phi) is 20.2. The van der Waals surface area contributed by atoms with E-state index in [4.69, 9.17) is 5.73 Å². The van der Waals surface area contributed by atoms with Gasteiger partial charge in [0.1, 0.15) is 0 Å². The highest BCUT2D eigenvalue weighted by Gasteiger charge is 2.41. The number of benzene rings is 2. The molecule has 1 heterocycles. The summed E-state index contributed by atoms with van der Waals surface area (Å²) in [7, 11) is 8.07. The smallest absolute Gasteiger partial charge is 0.317 e. The molecule has 1 saturated heterocycles. The number of nitrogens with one attached hydrogen (secondary N) is 1. The number of cyclic esters (lactones) is 2. The van der Waals surface area contributed by atoms with Gasteiger partial charge < -0.3 is 30.7 Å². The summed E-state index contributed by atoms with van der Waals surface area (Å²) in [6.07, 6.45) is 3.07. The molecule has 1 amide bonds. The zero-order chi connectivity index (χ0) is 36.2. The van der Waals surface area contributed by atoms with Crippen molar-refractivity contribution in [3.63, 3.8) is 0 Å². The maximum Gasteiger partial charge on any atom is 0.317 e.